The molecule has 2 heterocycles. The van der Waals surface area contributed by atoms with Crippen molar-refractivity contribution >= 4 is 22.7 Å². The molecule has 0 atom stereocenters. The van der Waals surface area contributed by atoms with Crippen LogP contribution in [0.15, 0.2) is 17.5 Å². The zero-order valence-corrected chi connectivity index (χ0v) is 13.1. The second-order valence-corrected chi connectivity index (χ2v) is 6.54. The van der Waals surface area contributed by atoms with Crippen LogP contribution in [0.3, 0.4) is 0 Å². The van der Waals surface area contributed by atoms with Crippen LogP contribution < -0.4 is 5.32 Å². The Kier molecular flexibility index (Phi) is 5.97. The van der Waals surface area contributed by atoms with Crippen molar-refractivity contribution in [3.8, 4) is 0 Å². The summed E-state index contributed by atoms with van der Waals surface area (Å²) in [6.07, 6.45) is 2.09. The van der Waals surface area contributed by atoms with E-state index in [2.05, 4.69) is 29.8 Å². The third-order valence-corrected chi connectivity index (χ3v) is 4.70. The van der Waals surface area contributed by atoms with Crippen LogP contribution in [0, 0.1) is 0 Å². The third-order valence-electron chi connectivity index (χ3n) is 2.72. The van der Waals surface area contributed by atoms with Crippen LogP contribution in [-0.4, -0.2) is 18.6 Å². The second kappa shape index (κ2) is 7.75. The van der Waals surface area contributed by atoms with E-state index in [-0.39, 0.29) is 0 Å². The number of nitrogens with one attached hydrogen (secondary N) is 1. The largest absolute Gasteiger partial charge is 0.378 e. The van der Waals surface area contributed by atoms with Gasteiger partial charge in [0, 0.05) is 29.8 Å². The van der Waals surface area contributed by atoms with E-state index in [0.29, 0.717) is 6.61 Å². The van der Waals surface area contributed by atoms with Gasteiger partial charge >= 0.3 is 0 Å². The van der Waals surface area contributed by atoms with Gasteiger partial charge in [0.1, 0.15) is 0 Å². The SMILES string of the molecule is CCCNCc1sc(Cc2cccs2)nc1COC. The van der Waals surface area contributed by atoms with Gasteiger partial charge in [-0.3, -0.25) is 0 Å². The summed E-state index contributed by atoms with van der Waals surface area (Å²) in [4.78, 5) is 7.39. The third kappa shape index (κ3) is 4.38. The Balaban J connectivity index is 2.05. The Morgan fingerprint density at radius 3 is 3.00 bits per heavy atom. The lowest BCUT2D eigenvalue weighted by atomic mass is 10.3. The molecule has 0 aliphatic heterocycles. The summed E-state index contributed by atoms with van der Waals surface area (Å²) in [6, 6.07) is 4.25. The molecule has 2 aromatic rings. The highest BCUT2D eigenvalue weighted by Crippen LogP contribution is 2.23. The Morgan fingerprint density at radius 2 is 2.32 bits per heavy atom. The molecule has 0 saturated carbocycles. The maximum absolute atomic E-state index is 5.24. The number of rotatable bonds is 8. The van der Waals surface area contributed by atoms with E-state index in [0.717, 1.165) is 31.6 Å². The summed E-state index contributed by atoms with van der Waals surface area (Å²) in [5.41, 5.74) is 1.09. The minimum absolute atomic E-state index is 0.601. The van der Waals surface area contributed by atoms with Crippen molar-refractivity contribution < 1.29 is 4.74 Å². The van der Waals surface area contributed by atoms with Crippen molar-refractivity contribution in [1.29, 1.82) is 0 Å². The molecule has 0 spiro atoms. The lowest BCUT2D eigenvalue weighted by Gasteiger charge is -2.02. The molecule has 0 radical (unpaired) electrons. The van der Waals surface area contributed by atoms with Crippen molar-refractivity contribution in [3.05, 3.63) is 38.0 Å². The lowest BCUT2D eigenvalue weighted by molar-refractivity contribution is 0.181. The molecule has 3 nitrogen and oxygen atoms in total. The number of thiophene rings is 1. The summed E-state index contributed by atoms with van der Waals surface area (Å²) in [5.74, 6) is 0. The number of methoxy groups -OCH3 is 1. The number of aromatic nitrogens is 1. The van der Waals surface area contributed by atoms with Gasteiger partial charge in [-0.05, 0) is 24.4 Å². The fourth-order valence-electron chi connectivity index (χ4n) is 1.84. The summed E-state index contributed by atoms with van der Waals surface area (Å²) in [5, 5.41) is 6.74. The van der Waals surface area contributed by atoms with Crippen molar-refractivity contribution in [2.75, 3.05) is 13.7 Å². The van der Waals surface area contributed by atoms with Gasteiger partial charge in [0.15, 0.2) is 0 Å². The van der Waals surface area contributed by atoms with Gasteiger partial charge in [0.05, 0.1) is 17.3 Å². The zero-order chi connectivity index (χ0) is 13.5. The maximum atomic E-state index is 5.24. The van der Waals surface area contributed by atoms with Crippen LogP contribution in [0.4, 0.5) is 0 Å². The molecule has 1 N–H and O–H groups in total. The van der Waals surface area contributed by atoms with Gasteiger partial charge in [-0.15, -0.1) is 22.7 Å². The molecule has 0 bridgehead atoms. The average Bonchev–Trinajstić information content (AvgIpc) is 3.02. The predicted octanol–water partition coefficient (Wildman–Crippen LogP) is 3.44. The number of nitrogens with zero attached hydrogens (tertiary/aromatic N) is 1. The highest BCUT2D eigenvalue weighted by Gasteiger charge is 2.11. The standard InChI is InChI=1S/C14H20N2OS2/c1-3-6-15-9-13-12(10-17-2)16-14(19-13)8-11-5-4-7-18-11/h4-5,7,15H,3,6,8-10H2,1-2H3. The van der Waals surface area contributed by atoms with Gasteiger partial charge in [0.25, 0.3) is 0 Å². The highest BCUT2D eigenvalue weighted by atomic mass is 32.1. The van der Waals surface area contributed by atoms with Crippen LogP contribution in [0.2, 0.25) is 0 Å². The molecule has 5 heteroatoms. The first-order valence-electron chi connectivity index (χ1n) is 6.53. The van der Waals surface area contributed by atoms with Crippen LogP contribution in [0.1, 0.15) is 33.8 Å². The van der Waals surface area contributed by atoms with Crippen molar-refractivity contribution in [2.24, 2.45) is 0 Å². The fraction of sp³-hybridized carbons (Fsp3) is 0.500. The molecule has 0 saturated heterocycles. The normalized spacial score (nSPS) is 11.1. The summed E-state index contributed by atoms with van der Waals surface area (Å²) in [7, 11) is 1.72. The fourth-order valence-corrected chi connectivity index (χ4v) is 3.71. The molecule has 2 rings (SSSR count). The average molecular weight is 296 g/mol. The van der Waals surface area contributed by atoms with Crippen molar-refractivity contribution in [3.63, 3.8) is 0 Å². The molecule has 19 heavy (non-hydrogen) atoms. The van der Waals surface area contributed by atoms with Gasteiger partial charge in [0.2, 0.25) is 0 Å². The number of hydrogen-bond acceptors (Lipinski definition) is 5. The van der Waals surface area contributed by atoms with Crippen molar-refractivity contribution in [1.82, 2.24) is 10.3 Å². The molecule has 0 aromatic carbocycles. The van der Waals surface area contributed by atoms with Gasteiger partial charge in [-0.25, -0.2) is 4.98 Å². The molecule has 0 aliphatic rings. The lowest BCUT2D eigenvalue weighted by Crippen LogP contribution is -2.14. The van der Waals surface area contributed by atoms with E-state index >= 15 is 0 Å². The van der Waals surface area contributed by atoms with E-state index in [1.165, 1.54) is 14.8 Å². The Bertz CT molecular complexity index is 480. The first-order chi connectivity index (χ1) is 9.33. The first kappa shape index (κ1) is 14.7. The van der Waals surface area contributed by atoms with Crippen molar-refractivity contribution in [2.45, 2.75) is 32.9 Å². The minimum atomic E-state index is 0.601. The topological polar surface area (TPSA) is 34.2 Å². The molecular formula is C14H20N2OS2. The molecular weight excluding hydrogens is 276 g/mol. The Morgan fingerprint density at radius 1 is 1.42 bits per heavy atom. The number of ether oxygens (including phenoxy) is 1. The second-order valence-electron chi connectivity index (χ2n) is 4.34. The molecule has 104 valence electrons. The minimum Gasteiger partial charge on any atom is -0.378 e. The Hall–Kier alpha value is -0.750. The first-order valence-corrected chi connectivity index (χ1v) is 8.22. The van der Waals surface area contributed by atoms with E-state index in [1.54, 1.807) is 29.8 Å². The summed E-state index contributed by atoms with van der Waals surface area (Å²) in [6.45, 7) is 4.72. The molecule has 0 fully saturated rings. The van der Waals surface area contributed by atoms with Crippen LogP contribution in [-0.2, 0) is 24.3 Å². The van der Waals surface area contributed by atoms with Crippen LogP contribution in [0.5, 0.6) is 0 Å². The summed E-state index contributed by atoms with van der Waals surface area (Å²) >= 11 is 3.59. The van der Waals surface area contributed by atoms with Gasteiger partial charge in [-0.2, -0.15) is 0 Å². The van der Waals surface area contributed by atoms with Gasteiger partial charge < -0.3 is 10.1 Å². The molecule has 2 aromatic heterocycles. The predicted molar refractivity (Wildman–Crippen MR) is 81.9 cm³/mol. The monoisotopic (exact) mass is 296 g/mol. The molecule has 0 unspecified atom stereocenters. The maximum Gasteiger partial charge on any atom is 0.0984 e. The molecule has 0 aliphatic carbocycles. The highest BCUT2D eigenvalue weighted by molar-refractivity contribution is 7.12. The number of thiazole rings is 1. The van der Waals surface area contributed by atoms with Crippen LogP contribution in [0.25, 0.3) is 0 Å². The van der Waals surface area contributed by atoms with E-state index in [9.17, 15) is 0 Å². The van der Waals surface area contributed by atoms with E-state index in [1.807, 2.05) is 0 Å². The van der Waals surface area contributed by atoms with Gasteiger partial charge in [-0.1, -0.05) is 13.0 Å². The van der Waals surface area contributed by atoms with E-state index < -0.39 is 0 Å². The smallest absolute Gasteiger partial charge is 0.0984 e. The quantitative estimate of drug-likeness (QED) is 0.758. The zero-order valence-electron chi connectivity index (χ0n) is 11.4. The Labute approximate surface area is 122 Å². The van der Waals surface area contributed by atoms with E-state index in [4.69, 9.17) is 9.72 Å². The number of hydrogen-bond donors (Lipinski definition) is 1. The molecule has 0 amide bonds. The van der Waals surface area contributed by atoms with Crippen LogP contribution >= 0.6 is 22.7 Å². The summed E-state index contributed by atoms with van der Waals surface area (Å²) < 4.78 is 5.24.